The van der Waals surface area contributed by atoms with Gasteiger partial charge in [-0.05, 0) is 32.6 Å². The second kappa shape index (κ2) is 8.08. The number of rotatable bonds is 9. The van der Waals surface area contributed by atoms with Gasteiger partial charge in [-0.3, -0.25) is 14.5 Å². The van der Waals surface area contributed by atoms with E-state index in [0.717, 1.165) is 6.42 Å². The van der Waals surface area contributed by atoms with Crippen LogP contribution < -0.4 is 0 Å². The number of imide groups is 1. The molecule has 0 radical (unpaired) electrons. The minimum atomic E-state index is -0.355. The average molecular weight is 350 g/mol. The number of carbonyl (C=O) groups is 2. The Morgan fingerprint density at radius 3 is 2.68 bits per heavy atom. The molecule has 0 bridgehead atoms. The summed E-state index contributed by atoms with van der Waals surface area (Å²) in [4.78, 5) is 25.5. The zero-order chi connectivity index (χ0) is 18.6. The smallest absolute Gasteiger partial charge is 0.233 e. The Hall–Kier alpha value is -1.76. The van der Waals surface area contributed by atoms with E-state index in [0.29, 0.717) is 37.6 Å². The first-order valence-corrected chi connectivity index (χ1v) is 9.09. The molecule has 1 atom stereocenters. The van der Waals surface area contributed by atoms with Crippen LogP contribution in [-0.4, -0.2) is 43.9 Å². The number of likely N-dealkylation sites (tertiary alicyclic amines) is 1. The van der Waals surface area contributed by atoms with Gasteiger partial charge in [0.25, 0.3) is 0 Å². The fraction of sp³-hybridized carbons (Fsp3) is 0.778. The molecule has 2 heterocycles. The highest BCUT2D eigenvalue weighted by Crippen LogP contribution is 2.23. The number of hydrogen-bond acceptors (Lipinski definition) is 5. The van der Waals surface area contributed by atoms with E-state index in [1.807, 2.05) is 20.8 Å². The largest absolute Gasteiger partial charge is 0.374 e. The molecule has 25 heavy (non-hydrogen) atoms. The molecular weight excluding hydrogens is 320 g/mol. The number of hydrogen-bond donors (Lipinski definition) is 0. The van der Waals surface area contributed by atoms with Gasteiger partial charge in [0.2, 0.25) is 11.8 Å². The summed E-state index contributed by atoms with van der Waals surface area (Å²) in [6.07, 6.45) is 3.80. The summed E-state index contributed by atoms with van der Waals surface area (Å²) in [5.74, 6) is 0.204. The van der Waals surface area contributed by atoms with Crippen LogP contribution in [-0.2, 0) is 27.4 Å². The number of carbonyl (C=O) groups excluding carboxylic acids is 2. The van der Waals surface area contributed by atoms with E-state index in [1.165, 1.54) is 4.90 Å². The Morgan fingerprint density at radius 1 is 1.36 bits per heavy atom. The lowest BCUT2D eigenvalue weighted by Gasteiger charge is -2.25. The molecular formula is C18H30N4O3. The summed E-state index contributed by atoms with van der Waals surface area (Å²) in [5.41, 5.74) is 0.267. The van der Waals surface area contributed by atoms with Crippen LogP contribution in [0.15, 0.2) is 6.20 Å². The van der Waals surface area contributed by atoms with Gasteiger partial charge < -0.3 is 4.74 Å². The average Bonchev–Trinajstić information content (AvgIpc) is 3.05. The fourth-order valence-corrected chi connectivity index (χ4v) is 2.89. The predicted octanol–water partition coefficient (Wildman–Crippen LogP) is 2.40. The Bertz CT molecular complexity index is 609. The molecule has 1 aromatic heterocycles. The lowest BCUT2D eigenvalue weighted by Crippen LogP contribution is -2.31. The molecule has 0 saturated carbocycles. The second-order valence-corrected chi connectivity index (χ2v) is 7.83. The molecule has 1 aromatic rings. The molecule has 2 amide bonds. The van der Waals surface area contributed by atoms with Crippen molar-refractivity contribution in [1.82, 2.24) is 19.9 Å². The highest BCUT2D eigenvalue weighted by molar-refractivity contribution is 6.03. The van der Waals surface area contributed by atoms with Crippen molar-refractivity contribution in [3.63, 3.8) is 0 Å². The number of nitrogens with zero attached hydrogens (tertiary/aromatic N) is 4. The molecule has 0 aromatic carbocycles. The van der Waals surface area contributed by atoms with Crippen molar-refractivity contribution < 1.29 is 14.3 Å². The molecule has 1 aliphatic rings. The van der Waals surface area contributed by atoms with E-state index >= 15 is 0 Å². The normalized spacial score (nSPS) is 18.6. The van der Waals surface area contributed by atoms with Crippen molar-refractivity contribution in [1.29, 1.82) is 0 Å². The van der Waals surface area contributed by atoms with Crippen LogP contribution in [0.25, 0.3) is 0 Å². The van der Waals surface area contributed by atoms with E-state index in [4.69, 9.17) is 4.74 Å². The Balaban J connectivity index is 1.91. The third-order valence-electron chi connectivity index (χ3n) is 4.47. The summed E-state index contributed by atoms with van der Waals surface area (Å²) in [6.45, 7) is 11.8. The van der Waals surface area contributed by atoms with E-state index in [2.05, 4.69) is 24.2 Å². The minimum absolute atomic E-state index is 0.0978. The summed E-state index contributed by atoms with van der Waals surface area (Å²) in [5, 5.41) is 8.22. The van der Waals surface area contributed by atoms with E-state index in [1.54, 1.807) is 10.9 Å². The lowest BCUT2D eigenvalue weighted by molar-refractivity contribution is -0.140. The van der Waals surface area contributed by atoms with Gasteiger partial charge >= 0.3 is 0 Å². The quantitative estimate of drug-likeness (QED) is 0.639. The summed E-state index contributed by atoms with van der Waals surface area (Å²) >= 11 is 0. The van der Waals surface area contributed by atoms with Crippen LogP contribution in [0, 0.1) is 11.8 Å². The molecule has 140 valence electrons. The van der Waals surface area contributed by atoms with E-state index < -0.39 is 0 Å². The van der Waals surface area contributed by atoms with Gasteiger partial charge in [0, 0.05) is 18.9 Å². The van der Waals surface area contributed by atoms with E-state index in [-0.39, 0.29) is 29.9 Å². The Labute approximate surface area is 149 Å². The van der Waals surface area contributed by atoms with Crippen molar-refractivity contribution >= 4 is 11.8 Å². The molecule has 0 spiro atoms. The molecule has 1 unspecified atom stereocenters. The van der Waals surface area contributed by atoms with Crippen molar-refractivity contribution in [2.45, 2.75) is 72.6 Å². The van der Waals surface area contributed by atoms with Gasteiger partial charge in [0.15, 0.2) is 0 Å². The SMILES string of the molecule is CCC1CC(=O)N(Cc2cn(CC(C)(C)OCCC(C)C)nn2)C1=O. The van der Waals surface area contributed by atoms with Crippen LogP contribution in [0.1, 0.15) is 59.6 Å². The third-order valence-corrected chi connectivity index (χ3v) is 4.47. The second-order valence-electron chi connectivity index (χ2n) is 7.83. The minimum Gasteiger partial charge on any atom is -0.374 e. The maximum absolute atomic E-state index is 12.2. The standard InChI is InChI=1S/C18H30N4O3/c1-6-14-9-16(23)22(17(14)24)11-15-10-21(20-19-15)12-18(4,5)25-8-7-13(2)3/h10,13-14H,6-9,11-12H2,1-5H3. The van der Waals surface area contributed by atoms with Gasteiger partial charge in [-0.1, -0.05) is 26.0 Å². The summed E-state index contributed by atoms with van der Waals surface area (Å²) < 4.78 is 7.66. The molecule has 7 nitrogen and oxygen atoms in total. The van der Waals surface area contributed by atoms with Gasteiger partial charge in [-0.15, -0.1) is 5.10 Å². The molecule has 0 aliphatic carbocycles. The van der Waals surface area contributed by atoms with Crippen LogP contribution in [0.3, 0.4) is 0 Å². The van der Waals surface area contributed by atoms with Crippen molar-refractivity contribution in [3.05, 3.63) is 11.9 Å². The van der Waals surface area contributed by atoms with Crippen LogP contribution in [0.4, 0.5) is 0 Å². The highest BCUT2D eigenvalue weighted by atomic mass is 16.5. The van der Waals surface area contributed by atoms with Crippen LogP contribution in [0.5, 0.6) is 0 Å². The summed E-state index contributed by atoms with van der Waals surface area (Å²) in [6, 6.07) is 0. The first-order chi connectivity index (χ1) is 11.7. The van der Waals surface area contributed by atoms with Gasteiger partial charge in [-0.25, -0.2) is 4.68 Å². The fourth-order valence-electron chi connectivity index (χ4n) is 2.89. The Kier molecular flexibility index (Phi) is 6.32. The van der Waals surface area contributed by atoms with Gasteiger partial charge in [0.1, 0.15) is 5.69 Å². The molecule has 1 fully saturated rings. The molecule has 1 saturated heterocycles. The number of amides is 2. The zero-order valence-electron chi connectivity index (χ0n) is 16.0. The molecule has 1 aliphatic heterocycles. The molecule has 7 heteroatoms. The van der Waals surface area contributed by atoms with Crippen LogP contribution >= 0.6 is 0 Å². The number of ether oxygens (including phenoxy) is 1. The first-order valence-electron chi connectivity index (χ1n) is 9.09. The topological polar surface area (TPSA) is 77.3 Å². The lowest BCUT2D eigenvalue weighted by atomic mass is 10.1. The van der Waals surface area contributed by atoms with Crippen LogP contribution in [0.2, 0.25) is 0 Å². The first kappa shape index (κ1) is 19.6. The van der Waals surface area contributed by atoms with Crippen molar-refractivity contribution in [2.75, 3.05) is 6.61 Å². The zero-order valence-corrected chi connectivity index (χ0v) is 16.0. The molecule has 2 rings (SSSR count). The Morgan fingerprint density at radius 2 is 2.08 bits per heavy atom. The maximum atomic E-state index is 12.2. The number of aromatic nitrogens is 3. The van der Waals surface area contributed by atoms with Crippen molar-refractivity contribution in [2.24, 2.45) is 11.8 Å². The highest BCUT2D eigenvalue weighted by Gasteiger charge is 2.37. The maximum Gasteiger partial charge on any atom is 0.233 e. The van der Waals surface area contributed by atoms with Gasteiger partial charge in [0.05, 0.1) is 24.9 Å². The van der Waals surface area contributed by atoms with E-state index in [9.17, 15) is 9.59 Å². The third kappa shape index (κ3) is 5.36. The molecule has 0 N–H and O–H groups in total. The van der Waals surface area contributed by atoms with Crippen molar-refractivity contribution in [3.8, 4) is 0 Å². The van der Waals surface area contributed by atoms with Gasteiger partial charge in [-0.2, -0.15) is 0 Å². The predicted molar refractivity (Wildman–Crippen MR) is 93.5 cm³/mol. The summed E-state index contributed by atoms with van der Waals surface area (Å²) in [7, 11) is 0. The monoisotopic (exact) mass is 350 g/mol.